The smallest absolute Gasteiger partial charge is 0.0748 e. The molecule has 2 aromatic rings. The van der Waals surface area contributed by atoms with Crippen LogP contribution in [0.4, 0.5) is 5.69 Å². The Balaban J connectivity index is 1.91. The highest BCUT2D eigenvalue weighted by molar-refractivity contribution is 5.90. The van der Waals surface area contributed by atoms with Gasteiger partial charge in [0.15, 0.2) is 0 Å². The Bertz CT molecular complexity index is 494. The van der Waals surface area contributed by atoms with E-state index in [1.165, 1.54) is 0 Å². The van der Waals surface area contributed by atoms with Crippen LogP contribution >= 0.6 is 0 Å². The van der Waals surface area contributed by atoms with E-state index in [-0.39, 0.29) is 6.10 Å². The average Bonchev–Trinajstić information content (AvgIpc) is 2.89. The Morgan fingerprint density at radius 3 is 3.25 bits per heavy atom. The lowest BCUT2D eigenvalue weighted by Gasteiger charge is -2.17. The van der Waals surface area contributed by atoms with Gasteiger partial charge in [0.1, 0.15) is 0 Å². The van der Waals surface area contributed by atoms with Gasteiger partial charge in [-0.25, -0.2) is 0 Å². The molecular weight excluding hydrogens is 202 g/mol. The van der Waals surface area contributed by atoms with Gasteiger partial charge >= 0.3 is 0 Å². The Hall–Kier alpha value is -1.55. The molecule has 2 N–H and O–H groups in total. The SMILES string of the molecule is CC1OCCC1Nc1cccc2[nH]ncc12. The van der Waals surface area contributed by atoms with Crippen LogP contribution in [0.25, 0.3) is 10.9 Å². The number of ether oxygens (including phenoxy) is 1. The Morgan fingerprint density at radius 1 is 1.50 bits per heavy atom. The van der Waals surface area contributed by atoms with Gasteiger partial charge in [-0.3, -0.25) is 5.10 Å². The van der Waals surface area contributed by atoms with Crippen molar-refractivity contribution in [3.05, 3.63) is 24.4 Å². The summed E-state index contributed by atoms with van der Waals surface area (Å²) >= 11 is 0. The van der Waals surface area contributed by atoms with Gasteiger partial charge < -0.3 is 10.1 Å². The summed E-state index contributed by atoms with van der Waals surface area (Å²) in [5.74, 6) is 0. The van der Waals surface area contributed by atoms with Crippen molar-refractivity contribution in [2.75, 3.05) is 11.9 Å². The molecule has 16 heavy (non-hydrogen) atoms. The van der Waals surface area contributed by atoms with Crippen molar-refractivity contribution in [2.24, 2.45) is 0 Å². The molecule has 1 aromatic carbocycles. The maximum atomic E-state index is 5.55. The van der Waals surface area contributed by atoms with E-state index in [1.54, 1.807) is 0 Å². The molecule has 0 spiro atoms. The van der Waals surface area contributed by atoms with Gasteiger partial charge in [0.25, 0.3) is 0 Å². The predicted molar refractivity (Wildman–Crippen MR) is 63.5 cm³/mol. The lowest BCUT2D eigenvalue weighted by molar-refractivity contribution is 0.121. The zero-order valence-corrected chi connectivity index (χ0v) is 9.23. The zero-order valence-electron chi connectivity index (χ0n) is 9.23. The zero-order chi connectivity index (χ0) is 11.0. The number of hydrogen-bond donors (Lipinski definition) is 2. The summed E-state index contributed by atoms with van der Waals surface area (Å²) in [5.41, 5.74) is 2.20. The first-order valence-electron chi connectivity index (χ1n) is 5.65. The van der Waals surface area contributed by atoms with E-state index in [0.29, 0.717) is 6.04 Å². The van der Waals surface area contributed by atoms with Crippen molar-refractivity contribution in [1.82, 2.24) is 10.2 Å². The van der Waals surface area contributed by atoms with Crippen molar-refractivity contribution < 1.29 is 4.74 Å². The number of rotatable bonds is 2. The number of hydrogen-bond acceptors (Lipinski definition) is 3. The molecule has 84 valence electrons. The quantitative estimate of drug-likeness (QED) is 0.810. The van der Waals surface area contributed by atoms with E-state index in [2.05, 4.69) is 28.5 Å². The molecule has 2 atom stereocenters. The van der Waals surface area contributed by atoms with Gasteiger partial charge in [0.05, 0.1) is 23.9 Å². The number of aromatic nitrogens is 2. The summed E-state index contributed by atoms with van der Waals surface area (Å²) in [5, 5.41) is 11.7. The fourth-order valence-corrected chi connectivity index (χ4v) is 2.22. The molecule has 1 aliphatic heterocycles. The van der Waals surface area contributed by atoms with E-state index < -0.39 is 0 Å². The van der Waals surface area contributed by atoms with Crippen LogP contribution in [0.3, 0.4) is 0 Å². The van der Waals surface area contributed by atoms with Crippen LogP contribution < -0.4 is 5.32 Å². The fraction of sp³-hybridized carbons (Fsp3) is 0.417. The predicted octanol–water partition coefficient (Wildman–Crippen LogP) is 2.15. The maximum Gasteiger partial charge on any atom is 0.0748 e. The third kappa shape index (κ3) is 1.55. The molecule has 0 radical (unpaired) electrons. The number of nitrogens with one attached hydrogen (secondary N) is 2. The lowest BCUT2D eigenvalue weighted by atomic mass is 10.1. The van der Waals surface area contributed by atoms with Crippen LogP contribution in [0.1, 0.15) is 13.3 Å². The summed E-state index contributed by atoms with van der Waals surface area (Å²) in [4.78, 5) is 0. The van der Waals surface area contributed by atoms with E-state index >= 15 is 0 Å². The van der Waals surface area contributed by atoms with E-state index in [0.717, 1.165) is 29.6 Å². The molecule has 4 nitrogen and oxygen atoms in total. The number of benzene rings is 1. The molecular formula is C12H15N3O. The molecule has 1 aromatic heterocycles. The lowest BCUT2D eigenvalue weighted by Crippen LogP contribution is -2.26. The highest BCUT2D eigenvalue weighted by atomic mass is 16.5. The second-order valence-electron chi connectivity index (χ2n) is 4.25. The summed E-state index contributed by atoms with van der Waals surface area (Å²) < 4.78 is 5.55. The van der Waals surface area contributed by atoms with Crippen molar-refractivity contribution in [2.45, 2.75) is 25.5 Å². The highest BCUT2D eigenvalue weighted by Gasteiger charge is 2.24. The van der Waals surface area contributed by atoms with Crippen molar-refractivity contribution in [3.63, 3.8) is 0 Å². The van der Waals surface area contributed by atoms with Crippen molar-refractivity contribution in [3.8, 4) is 0 Å². The minimum Gasteiger partial charge on any atom is -0.379 e. The number of anilines is 1. The number of aromatic amines is 1. The molecule has 2 heterocycles. The van der Waals surface area contributed by atoms with Gasteiger partial charge in [-0.2, -0.15) is 5.10 Å². The third-order valence-corrected chi connectivity index (χ3v) is 3.20. The van der Waals surface area contributed by atoms with Crippen molar-refractivity contribution >= 4 is 16.6 Å². The average molecular weight is 217 g/mol. The van der Waals surface area contributed by atoms with Crippen molar-refractivity contribution in [1.29, 1.82) is 0 Å². The van der Waals surface area contributed by atoms with Crippen LogP contribution in [0.15, 0.2) is 24.4 Å². The van der Waals surface area contributed by atoms with Crippen LogP contribution in [0.5, 0.6) is 0 Å². The first-order valence-corrected chi connectivity index (χ1v) is 5.65. The number of fused-ring (bicyclic) bond motifs is 1. The van der Waals surface area contributed by atoms with Gasteiger partial charge in [-0.1, -0.05) is 6.07 Å². The molecule has 0 bridgehead atoms. The van der Waals surface area contributed by atoms with Crippen LogP contribution in [-0.4, -0.2) is 29.0 Å². The minimum absolute atomic E-state index is 0.280. The van der Waals surface area contributed by atoms with Crippen LogP contribution in [0, 0.1) is 0 Å². The van der Waals surface area contributed by atoms with Gasteiger partial charge in [0, 0.05) is 17.7 Å². The van der Waals surface area contributed by atoms with E-state index in [4.69, 9.17) is 4.74 Å². The topological polar surface area (TPSA) is 49.9 Å². The number of nitrogens with zero attached hydrogens (tertiary/aromatic N) is 1. The monoisotopic (exact) mass is 217 g/mol. The third-order valence-electron chi connectivity index (χ3n) is 3.20. The summed E-state index contributed by atoms with van der Waals surface area (Å²) in [7, 11) is 0. The van der Waals surface area contributed by atoms with Crippen LogP contribution in [0.2, 0.25) is 0 Å². The molecule has 2 unspecified atom stereocenters. The highest BCUT2D eigenvalue weighted by Crippen LogP contribution is 2.25. The second kappa shape index (κ2) is 3.79. The Labute approximate surface area is 94.0 Å². The van der Waals surface area contributed by atoms with Gasteiger partial charge in [-0.05, 0) is 25.5 Å². The Morgan fingerprint density at radius 2 is 2.44 bits per heavy atom. The second-order valence-corrected chi connectivity index (χ2v) is 4.25. The molecule has 3 rings (SSSR count). The Kier molecular flexibility index (Phi) is 2.29. The molecule has 0 aliphatic carbocycles. The summed E-state index contributed by atoms with van der Waals surface area (Å²) in [6.45, 7) is 2.96. The molecule has 0 amide bonds. The van der Waals surface area contributed by atoms with E-state index in [1.807, 2.05) is 18.3 Å². The summed E-state index contributed by atoms with van der Waals surface area (Å²) in [6.07, 6.45) is 3.20. The van der Waals surface area contributed by atoms with Gasteiger partial charge in [0.2, 0.25) is 0 Å². The van der Waals surface area contributed by atoms with Gasteiger partial charge in [-0.15, -0.1) is 0 Å². The molecule has 1 fully saturated rings. The number of H-pyrrole nitrogens is 1. The van der Waals surface area contributed by atoms with Crippen LogP contribution in [-0.2, 0) is 4.74 Å². The summed E-state index contributed by atoms with van der Waals surface area (Å²) in [6, 6.07) is 6.55. The first kappa shape index (κ1) is 9.66. The standard InChI is InChI=1S/C12H15N3O/c1-8-10(5-6-16-8)14-11-3-2-4-12-9(11)7-13-15-12/h2-4,7-8,10,14H,5-6H2,1H3,(H,13,15). The molecule has 1 aliphatic rings. The normalized spacial score (nSPS) is 25.1. The van der Waals surface area contributed by atoms with E-state index in [9.17, 15) is 0 Å². The molecule has 1 saturated heterocycles. The molecule has 0 saturated carbocycles. The minimum atomic E-state index is 0.280. The maximum absolute atomic E-state index is 5.55. The first-order chi connectivity index (χ1) is 7.84. The largest absolute Gasteiger partial charge is 0.379 e. The fourth-order valence-electron chi connectivity index (χ4n) is 2.22. The molecule has 4 heteroatoms.